The maximum absolute atomic E-state index is 13.4. The largest absolute Gasteiger partial charge is 0.369 e. The van der Waals surface area contributed by atoms with Crippen molar-refractivity contribution in [2.75, 3.05) is 42.8 Å². The predicted molar refractivity (Wildman–Crippen MR) is 157 cm³/mol. The average Bonchev–Trinajstić information content (AvgIpc) is 3.41. The topological polar surface area (TPSA) is 217 Å². The summed E-state index contributed by atoms with van der Waals surface area (Å²) >= 11 is 11.8. The van der Waals surface area contributed by atoms with Crippen LogP contribution in [0, 0.1) is 0 Å². The van der Waals surface area contributed by atoms with E-state index in [9.17, 15) is 48.2 Å². The van der Waals surface area contributed by atoms with Crippen LogP contribution in [0.2, 0.25) is 0 Å². The molecule has 0 radical (unpaired) electrons. The summed E-state index contributed by atoms with van der Waals surface area (Å²) in [7, 11) is -11.1. The molecule has 0 unspecified atom stereocenters. The van der Waals surface area contributed by atoms with Crippen molar-refractivity contribution in [2.45, 2.75) is 55.7 Å². The molecule has 0 aromatic heterocycles. The van der Waals surface area contributed by atoms with E-state index in [1.165, 1.54) is 4.90 Å². The summed E-state index contributed by atoms with van der Waals surface area (Å²) in [5.74, 6) is -0.0451. The van der Waals surface area contributed by atoms with E-state index in [2.05, 4.69) is 10.6 Å². The first-order chi connectivity index (χ1) is 19.7. The molecule has 7 N–H and O–H groups in total. The van der Waals surface area contributed by atoms with Gasteiger partial charge in [0.05, 0.1) is 0 Å². The Balaban J connectivity index is 1.98. The summed E-state index contributed by atoms with van der Waals surface area (Å²) < 4.78 is 22.9. The van der Waals surface area contributed by atoms with Crippen molar-refractivity contribution in [1.29, 1.82) is 0 Å². The van der Waals surface area contributed by atoms with E-state index in [4.69, 9.17) is 23.2 Å². The highest BCUT2D eigenvalue weighted by Crippen LogP contribution is 2.69. The van der Waals surface area contributed by atoms with Gasteiger partial charge < -0.3 is 45.1 Å². The number of rotatable bonds is 18. The number of benzene rings is 1. The zero-order valence-electron chi connectivity index (χ0n) is 22.8. The van der Waals surface area contributed by atoms with Crippen LogP contribution >= 0.6 is 38.4 Å². The lowest BCUT2D eigenvalue weighted by molar-refractivity contribution is -0.140. The number of alkyl halides is 2. The fourth-order valence-electron chi connectivity index (χ4n) is 4.73. The van der Waals surface area contributed by atoms with Gasteiger partial charge in [0.15, 0.2) is 0 Å². The van der Waals surface area contributed by atoms with E-state index in [1.54, 1.807) is 0 Å². The van der Waals surface area contributed by atoms with E-state index in [1.807, 2.05) is 29.2 Å². The third-order valence-electron chi connectivity index (χ3n) is 7.03. The first kappa shape index (κ1) is 36.5. The third kappa shape index (κ3) is 9.64. The number of carbonyl (C=O) groups is 3. The molecule has 1 aromatic carbocycles. The molecule has 3 amide bonds. The van der Waals surface area contributed by atoms with Crippen LogP contribution in [0.3, 0.4) is 0 Å². The minimum atomic E-state index is -5.55. The monoisotopic (exact) mass is 674 g/mol. The smallest absolute Gasteiger partial charge is 0.369 e. The molecule has 2 atom stereocenters. The number of carbonyl (C=O) groups excluding carboxylic acids is 3. The molecule has 18 heteroatoms. The first-order valence-corrected chi connectivity index (χ1v) is 17.6. The van der Waals surface area contributed by atoms with Gasteiger partial charge in [0.25, 0.3) is 5.08 Å². The fourth-order valence-corrected chi connectivity index (χ4v) is 7.40. The molecule has 238 valence electrons. The van der Waals surface area contributed by atoms with Crippen LogP contribution in [0.1, 0.15) is 37.7 Å². The number of amides is 3. The summed E-state index contributed by atoms with van der Waals surface area (Å²) in [6.45, 7) is 1.50. The molecule has 1 heterocycles. The maximum atomic E-state index is 13.4. The molecule has 1 aliphatic rings. The second kappa shape index (κ2) is 16.4. The molecular weight excluding hydrogens is 637 g/mol. The molecule has 0 spiro atoms. The van der Waals surface area contributed by atoms with Gasteiger partial charge in [0.1, 0.15) is 12.1 Å². The second-order valence-corrected chi connectivity index (χ2v) is 14.6. The number of aliphatic hydroxyl groups is 1. The second-order valence-electron chi connectivity index (χ2n) is 9.87. The summed E-state index contributed by atoms with van der Waals surface area (Å²) in [5.41, 5.74) is 1.70. The van der Waals surface area contributed by atoms with Gasteiger partial charge in [-0.25, -0.2) is 0 Å². The van der Waals surface area contributed by atoms with E-state index in [-0.39, 0.29) is 25.8 Å². The lowest BCUT2D eigenvalue weighted by atomic mass is 10.0. The highest BCUT2D eigenvalue weighted by Gasteiger charge is 2.58. The van der Waals surface area contributed by atoms with Crippen LogP contribution < -0.4 is 15.5 Å². The number of likely N-dealkylation sites (tertiary alicyclic amines) is 1. The molecule has 0 bridgehead atoms. The van der Waals surface area contributed by atoms with Gasteiger partial charge in [-0.2, -0.15) is 0 Å². The van der Waals surface area contributed by atoms with E-state index in [0.717, 1.165) is 11.3 Å². The molecule has 42 heavy (non-hydrogen) atoms. The minimum absolute atomic E-state index is 0.0252. The van der Waals surface area contributed by atoms with E-state index in [0.29, 0.717) is 50.6 Å². The van der Waals surface area contributed by atoms with Crippen molar-refractivity contribution in [3.63, 3.8) is 0 Å². The zero-order chi connectivity index (χ0) is 31.6. The van der Waals surface area contributed by atoms with Crippen molar-refractivity contribution in [3.8, 4) is 0 Å². The summed E-state index contributed by atoms with van der Waals surface area (Å²) in [6, 6.07) is 5.71. The standard InChI is InChI=1S/C24H38Cl2N4O10P2/c25-10-14-29(15-11-26)19-7-5-18(6-8-19)16-20(28-17-31)23(33)30-13-3-4-21(30)22(32)27-12-2-1-9-24(34,41(35,36)37)42(38,39)40/h5-8,17,20-21,34H,1-4,9-16H2,(H,27,32)(H,28,31)(H2,35,36,37)(H2,38,39,40)/t20-,21-/m0/s1. The number of nitrogens with zero attached hydrogens (tertiary/aromatic N) is 2. The van der Waals surface area contributed by atoms with Crippen molar-refractivity contribution in [2.24, 2.45) is 0 Å². The SMILES string of the molecule is O=CN[C@@H](Cc1ccc(N(CCCl)CCCl)cc1)C(=O)N1CCC[C@H]1C(=O)NCCCCC(O)(P(=O)(O)O)P(=O)(O)O. The number of hydrogen-bond donors (Lipinski definition) is 7. The van der Waals surface area contributed by atoms with Gasteiger partial charge in [-0.15, -0.1) is 23.2 Å². The summed E-state index contributed by atoms with van der Waals surface area (Å²) in [4.78, 5) is 77.9. The Hall–Kier alpha value is -1.73. The third-order valence-corrected chi connectivity index (χ3v) is 11.2. The predicted octanol–water partition coefficient (Wildman–Crippen LogP) is 0.907. The molecule has 1 aromatic rings. The lowest BCUT2D eigenvalue weighted by Gasteiger charge is -2.29. The van der Waals surface area contributed by atoms with Crippen LogP contribution in [0.25, 0.3) is 0 Å². The van der Waals surface area contributed by atoms with Gasteiger partial charge in [-0.3, -0.25) is 23.5 Å². The highest BCUT2D eigenvalue weighted by molar-refractivity contribution is 7.72. The molecule has 0 saturated carbocycles. The Bertz CT molecular complexity index is 1120. The van der Waals surface area contributed by atoms with Gasteiger partial charge in [-0.05, 0) is 49.8 Å². The fraction of sp³-hybridized carbons (Fsp3) is 0.625. The minimum Gasteiger partial charge on any atom is -0.369 e. The number of nitrogens with one attached hydrogen (secondary N) is 2. The van der Waals surface area contributed by atoms with Crippen LogP contribution in [0.4, 0.5) is 5.69 Å². The average molecular weight is 675 g/mol. The van der Waals surface area contributed by atoms with Gasteiger partial charge >= 0.3 is 15.2 Å². The molecule has 1 fully saturated rings. The number of hydrogen-bond acceptors (Lipinski definition) is 7. The number of anilines is 1. The zero-order valence-corrected chi connectivity index (χ0v) is 26.1. The Morgan fingerprint density at radius 3 is 2.19 bits per heavy atom. The first-order valence-electron chi connectivity index (χ1n) is 13.3. The molecular formula is C24H38Cl2N4O10P2. The lowest BCUT2D eigenvalue weighted by Crippen LogP contribution is -2.53. The quantitative estimate of drug-likeness (QED) is 0.0502. The van der Waals surface area contributed by atoms with Crippen molar-refractivity contribution in [3.05, 3.63) is 29.8 Å². The van der Waals surface area contributed by atoms with Crippen molar-refractivity contribution in [1.82, 2.24) is 15.5 Å². The number of unbranched alkanes of at least 4 members (excludes halogenated alkanes) is 1. The van der Waals surface area contributed by atoms with Crippen LogP contribution in [-0.4, -0.2) is 103 Å². The molecule has 0 aliphatic carbocycles. The van der Waals surface area contributed by atoms with E-state index >= 15 is 0 Å². The Morgan fingerprint density at radius 1 is 1.07 bits per heavy atom. The van der Waals surface area contributed by atoms with Gasteiger partial charge in [0.2, 0.25) is 18.2 Å². The Morgan fingerprint density at radius 2 is 1.67 bits per heavy atom. The normalized spacial score (nSPS) is 16.6. The van der Waals surface area contributed by atoms with Crippen LogP contribution in [0.5, 0.6) is 0 Å². The molecule has 14 nitrogen and oxygen atoms in total. The molecule has 1 aliphatic heterocycles. The Labute approximate surface area is 254 Å². The summed E-state index contributed by atoms with van der Waals surface area (Å²) in [6.07, 6.45) is 0.515. The Kier molecular flexibility index (Phi) is 14.2. The maximum Gasteiger partial charge on any atom is 0.369 e. The molecule has 2 rings (SSSR count). The van der Waals surface area contributed by atoms with Crippen molar-refractivity contribution < 1.29 is 48.2 Å². The van der Waals surface area contributed by atoms with E-state index < -0.39 is 50.6 Å². The van der Waals surface area contributed by atoms with Gasteiger partial charge in [-0.1, -0.05) is 12.1 Å². The highest BCUT2D eigenvalue weighted by atomic mass is 35.5. The van der Waals surface area contributed by atoms with Crippen molar-refractivity contribution >= 4 is 62.3 Å². The van der Waals surface area contributed by atoms with Crippen LogP contribution in [0.15, 0.2) is 24.3 Å². The van der Waals surface area contributed by atoms with Gasteiger partial charge in [0, 0.05) is 50.0 Å². The number of halogens is 2. The summed E-state index contributed by atoms with van der Waals surface area (Å²) in [5, 5.41) is 11.6. The molecule has 1 saturated heterocycles. The van der Waals surface area contributed by atoms with Crippen LogP contribution in [-0.2, 0) is 29.9 Å².